The Bertz CT molecular complexity index is 760. The van der Waals surface area contributed by atoms with Gasteiger partial charge in [0.25, 0.3) is 5.91 Å². The van der Waals surface area contributed by atoms with Crippen molar-refractivity contribution in [1.82, 2.24) is 0 Å². The van der Waals surface area contributed by atoms with E-state index in [-0.39, 0.29) is 17.9 Å². The third kappa shape index (κ3) is 6.91. The molecule has 4 heteroatoms. The summed E-state index contributed by atoms with van der Waals surface area (Å²) in [6, 6.07) is 13.5. The van der Waals surface area contributed by atoms with Crippen molar-refractivity contribution in [3.8, 4) is 11.5 Å². The molecule has 0 bridgehead atoms. The maximum Gasteiger partial charge on any atom is 0.262 e. The maximum atomic E-state index is 12.3. The van der Waals surface area contributed by atoms with Gasteiger partial charge in [0.1, 0.15) is 11.5 Å². The predicted octanol–water partition coefficient (Wildman–Crippen LogP) is 5.88. The van der Waals surface area contributed by atoms with Crippen LogP contribution in [0.5, 0.6) is 11.5 Å². The molecular weight excluding hydrogens is 350 g/mol. The molecule has 2 rings (SSSR count). The van der Waals surface area contributed by atoms with Gasteiger partial charge in [0.15, 0.2) is 6.61 Å². The molecule has 0 aliphatic rings. The van der Waals surface area contributed by atoms with Crippen LogP contribution in [0.4, 0.5) is 5.69 Å². The highest BCUT2D eigenvalue weighted by atomic mass is 16.5. The molecule has 0 unspecified atom stereocenters. The lowest BCUT2D eigenvalue weighted by Crippen LogP contribution is -2.22. The van der Waals surface area contributed by atoms with Crippen LogP contribution in [0.2, 0.25) is 0 Å². The molecule has 0 saturated carbocycles. The molecule has 0 aliphatic carbocycles. The van der Waals surface area contributed by atoms with E-state index in [2.05, 4.69) is 46.0 Å². The predicted molar refractivity (Wildman–Crippen MR) is 115 cm³/mol. The maximum absolute atomic E-state index is 12.3. The van der Waals surface area contributed by atoms with Crippen molar-refractivity contribution in [2.75, 3.05) is 18.5 Å². The van der Waals surface area contributed by atoms with Gasteiger partial charge in [-0.3, -0.25) is 4.79 Å². The minimum absolute atomic E-state index is 0.0264. The quantitative estimate of drug-likeness (QED) is 0.550. The van der Waals surface area contributed by atoms with Gasteiger partial charge in [-0.2, -0.15) is 0 Å². The molecule has 2 aromatic rings. The molecule has 0 atom stereocenters. The molecule has 1 N–H and O–H groups in total. The van der Waals surface area contributed by atoms with Crippen LogP contribution in [0.15, 0.2) is 42.5 Å². The molecule has 0 spiro atoms. The minimum Gasteiger partial charge on any atom is -0.494 e. The molecule has 0 saturated heterocycles. The molecule has 0 heterocycles. The number of hydrogen-bond donors (Lipinski definition) is 1. The zero-order valence-electron chi connectivity index (χ0n) is 17.8. The van der Waals surface area contributed by atoms with Crippen molar-refractivity contribution >= 4 is 11.6 Å². The Balaban J connectivity index is 1.88. The van der Waals surface area contributed by atoms with Gasteiger partial charge < -0.3 is 14.8 Å². The Morgan fingerprint density at radius 3 is 2.36 bits per heavy atom. The van der Waals surface area contributed by atoms with Crippen LogP contribution in [0.1, 0.15) is 58.1 Å². The summed E-state index contributed by atoms with van der Waals surface area (Å²) < 4.78 is 11.5. The first-order valence-electron chi connectivity index (χ1n) is 10.1. The molecule has 0 radical (unpaired) electrons. The Morgan fingerprint density at radius 2 is 1.71 bits per heavy atom. The van der Waals surface area contributed by atoms with Crippen molar-refractivity contribution < 1.29 is 14.3 Å². The molecule has 0 fully saturated rings. The van der Waals surface area contributed by atoms with E-state index in [0.717, 1.165) is 35.8 Å². The average Bonchev–Trinajstić information content (AvgIpc) is 2.65. The largest absolute Gasteiger partial charge is 0.494 e. The fourth-order valence-corrected chi connectivity index (χ4v) is 2.87. The third-order valence-electron chi connectivity index (χ3n) is 4.46. The van der Waals surface area contributed by atoms with E-state index in [1.54, 1.807) is 0 Å². The number of benzene rings is 2. The summed E-state index contributed by atoms with van der Waals surface area (Å²) >= 11 is 0. The van der Waals surface area contributed by atoms with Crippen molar-refractivity contribution in [2.45, 2.75) is 59.3 Å². The summed E-state index contributed by atoms with van der Waals surface area (Å²) in [5.74, 6) is 1.39. The summed E-state index contributed by atoms with van der Waals surface area (Å²) in [6.07, 6.45) is 3.41. The number of amides is 1. The number of ether oxygens (including phenoxy) is 2. The Labute approximate surface area is 169 Å². The van der Waals surface area contributed by atoms with Crippen LogP contribution in [0.3, 0.4) is 0 Å². The number of carbonyl (C=O) groups is 1. The second-order valence-corrected chi connectivity index (χ2v) is 8.17. The lowest BCUT2D eigenvalue weighted by molar-refractivity contribution is -0.118. The Kier molecular flexibility index (Phi) is 7.91. The van der Waals surface area contributed by atoms with Crippen molar-refractivity contribution in [3.05, 3.63) is 53.6 Å². The molecule has 28 heavy (non-hydrogen) atoms. The fraction of sp³-hybridized carbons (Fsp3) is 0.458. The lowest BCUT2D eigenvalue weighted by Gasteiger charge is -2.23. The standard InChI is InChI=1S/C24H33NO3/c1-6-7-8-15-27-20-12-10-19(11-13-20)25-23(26)17-28-22-14-9-18(2)16-21(22)24(3,4)5/h9-14,16H,6-8,15,17H2,1-5H3,(H,25,26). The zero-order valence-corrected chi connectivity index (χ0v) is 17.8. The van der Waals surface area contributed by atoms with Gasteiger partial charge in [-0.15, -0.1) is 0 Å². The SMILES string of the molecule is CCCCCOc1ccc(NC(=O)COc2ccc(C)cc2C(C)(C)C)cc1. The number of nitrogens with one attached hydrogen (secondary N) is 1. The summed E-state index contributed by atoms with van der Waals surface area (Å²) in [5, 5.41) is 2.87. The fourth-order valence-electron chi connectivity index (χ4n) is 2.87. The topological polar surface area (TPSA) is 47.6 Å². The molecule has 4 nitrogen and oxygen atoms in total. The highest BCUT2D eigenvalue weighted by Crippen LogP contribution is 2.32. The summed E-state index contributed by atoms with van der Waals surface area (Å²) in [6.45, 7) is 11.3. The van der Waals surface area contributed by atoms with E-state index >= 15 is 0 Å². The number of hydrogen-bond acceptors (Lipinski definition) is 3. The number of carbonyl (C=O) groups excluding carboxylic acids is 1. The van der Waals surface area contributed by atoms with Crippen LogP contribution in [-0.2, 0) is 10.2 Å². The number of rotatable bonds is 9. The second-order valence-electron chi connectivity index (χ2n) is 8.17. The normalized spacial score (nSPS) is 11.2. The van der Waals surface area contributed by atoms with Crippen molar-refractivity contribution in [1.29, 1.82) is 0 Å². The van der Waals surface area contributed by atoms with Crippen LogP contribution in [0, 0.1) is 6.92 Å². The first-order chi connectivity index (χ1) is 13.3. The zero-order chi connectivity index (χ0) is 20.6. The van der Waals surface area contributed by atoms with E-state index in [9.17, 15) is 4.79 Å². The monoisotopic (exact) mass is 383 g/mol. The van der Waals surface area contributed by atoms with Gasteiger partial charge >= 0.3 is 0 Å². The summed E-state index contributed by atoms with van der Waals surface area (Å²) in [4.78, 5) is 12.3. The highest BCUT2D eigenvalue weighted by Gasteiger charge is 2.19. The molecule has 0 aliphatic heterocycles. The molecular formula is C24H33NO3. The van der Waals surface area contributed by atoms with Crippen LogP contribution in [-0.4, -0.2) is 19.1 Å². The third-order valence-corrected chi connectivity index (χ3v) is 4.46. The number of aryl methyl sites for hydroxylation is 1. The summed E-state index contributed by atoms with van der Waals surface area (Å²) in [7, 11) is 0. The van der Waals surface area contributed by atoms with Gasteiger partial charge in [-0.25, -0.2) is 0 Å². The molecule has 1 amide bonds. The Hall–Kier alpha value is -2.49. The van der Waals surface area contributed by atoms with Gasteiger partial charge in [0, 0.05) is 5.69 Å². The first kappa shape index (κ1) is 21.8. The van der Waals surface area contributed by atoms with Gasteiger partial charge in [0.05, 0.1) is 6.61 Å². The van der Waals surface area contributed by atoms with Gasteiger partial charge in [-0.05, 0) is 54.7 Å². The van der Waals surface area contributed by atoms with E-state index in [0.29, 0.717) is 0 Å². The van der Waals surface area contributed by atoms with Gasteiger partial charge in [-0.1, -0.05) is 58.2 Å². The molecule has 2 aromatic carbocycles. The lowest BCUT2D eigenvalue weighted by atomic mass is 9.85. The summed E-state index contributed by atoms with van der Waals surface area (Å²) in [5.41, 5.74) is 2.96. The first-order valence-corrected chi connectivity index (χ1v) is 10.1. The van der Waals surface area contributed by atoms with Crippen LogP contribution in [0.25, 0.3) is 0 Å². The van der Waals surface area contributed by atoms with Crippen molar-refractivity contribution in [2.24, 2.45) is 0 Å². The second kappa shape index (κ2) is 10.2. The highest BCUT2D eigenvalue weighted by molar-refractivity contribution is 5.91. The molecule has 152 valence electrons. The Morgan fingerprint density at radius 1 is 1.00 bits per heavy atom. The van der Waals surface area contributed by atoms with E-state index < -0.39 is 0 Å². The number of unbranched alkanes of at least 4 members (excludes halogenated alkanes) is 2. The van der Waals surface area contributed by atoms with E-state index in [1.807, 2.05) is 36.4 Å². The average molecular weight is 384 g/mol. The van der Waals surface area contributed by atoms with Crippen LogP contribution < -0.4 is 14.8 Å². The van der Waals surface area contributed by atoms with Crippen LogP contribution >= 0.6 is 0 Å². The van der Waals surface area contributed by atoms with Gasteiger partial charge in [0.2, 0.25) is 0 Å². The van der Waals surface area contributed by atoms with E-state index in [4.69, 9.17) is 9.47 Å². The minimum atomic E-state index is -0.183. The number of anilines is 1. The smallest absolute Gasteiger partial charge is 0.262 e. The van der Waals surface area contributed by atoms with E-state index in [1.165, 1.54) is 18.4 Å². The molecule has 0 aromatic heterocycles. The van der Waals surface area contributed by atoms with Crippen molar-refractivity contribution in [3.63, 3.8) is 0 Å².